The number of fused-ring (bicyclic) bond motifs is 1. The van der Waals surface area contributed by atoms with E-state index in [1.165, 1.54) is 26.9 Å². The molecular formula is C23H29N5O6. The number of nitrogens with zero attached hydrogens (tertiary/aromatic N) is 4. The SMILES string of the molecule is C#CCN1CC(=O)N2[C@@H](CCC(=O)O)C(=O)N(CCOC)C[C@@H]2N1C(=O)NCc1ccccc1. The van der Waals surface area contributed by atoms with E-state index in [0.717, 1.165) is 5.56 Å². The molecule has 2 fully saturated rings. The summed E-state index contributed by atoms with van der Waals surface area (Å²) in [5, 5.41) is 14.9. The monoisotopic (exact) mass is 471 g/mol. The standard InChI is InChI=1S/C23H29N5O6/c1-3-11-26-16-20(29)27-18(9-10-21(30)31)22(32)25(12-13-34-2)15-19(27)28(26)23(33)24-14-17-7-5-4-6-8-17/h1,4-8,18-19H,9-16H2,2H3,(H,24,33)(H,30,31)/t18-,19-/m0/s1. The average Bonchev–Trinajstić information content (AvgIpc) is 2.81. The van der Waals surface area contributed by atoms with Gasteiger partial charge >= 0.3 is 12.0 Å². The van der Waals surface area contributed by atoms with Crippen LogP contribution in [0.2, 0.25) is 0 Å². The molecule has 182 valence electrons. The Morgan fingerprint density at radius 3 is 2.65 bits per heavy atom. The zero-order valence-electron chi connectivity index (χ0n) is 19.1. The Morgan fingerprint density at radius 2 is 2.00 bits per heavy atom. The highest BCUT2D eigenvalue weighted by atomic mass is 16.5. The van der Waals surface area contributed by atoms with Gasteiger partial charge in [-0.05, 0) is 12.0 Å². The molecule has 4 amide bonds. The summed E-state index contributed by atoms with van der Waals surface area (Å²) in [6.45, 7) is 0.625. The molecule has 2 heterocycles. The number of piperazine rings is 1. The zero-order valence-corrected chi connectivity index (χ0v) is 19.1. The molecule has 0 bridgehead atoms. The van der Waals surface area contributed by atoms with Crippen molar-refractivity contribution in [3.63, 3.8) is 0 Å². The second-order valence-corrected chi connectivity index (χ2v) is 8.02. The largest absolute Gasteiger partial charge is 0.481 e. The number of urea groups is 1. The molecule has 2 saturated heterocycles. The second kappa shape index (κ2) is 11.5. The number of amides is 4. The van der Waals surface area contributed by atoms with Crippen molar-refractivity contribution in [3.8, 4) is 12.3 Å². The molecule has 2 atom stereocenters. The Kier molecular flexibility index (Phi) is 8.45. The Hall–Kier alpha value is -3.62. The van der Waals surface area contributed by atoms with Crippen LogP contribution in [-0.4, -0.2) is 101 Å². The lowest BCUT2D eigenvalue weighted by atomic mass is 10.0. The summed E-state index contributed by atoms with van der Waals surface area (Å²) < 4.78 is 5.11. The number of hydrogen-bond acceptors (Lipinski definition) is 6. The molecule has 0 unspecified atom stereocenters. The van der Waals surface area contributed by atoms with Crippen molar-refractivity contribution in [2.24, 2.45) is 0 Å². The zero-order chi connectivity index (χ0) is 24.7. The topological polar surface area (TPSA) is 123 Å². The lowest BCUT2D eigenvalue weighted by molar-refractivity contribution is -0.190. The van der Waals surface area contributed by atoms with E-state index in [-0.39, 0.29) is 64.0 Å². The normalized spacial score (nSPS) is 20.6. The molecule has 11 nitrogen and oxygen atoms in total. The fraction of sp³-hybridized carbons (Fsp3) is 0.478. The minimum Gasteiger partial charge on any atom is -0.481 e. The van der Waals surface area contributed by atoms with Crippen molar-refractivity contribution in [3.05, 3.63) is 35.9 Å². The Balaban J connectivity index is 1.90. The van der Waals surface area contributed by atoms with Crippen LogP contribution in [0, 0.1) is 12.3 Å². The number of hydrogen-bond donors (Lipinski definition) is 2. The van der Waals surface area contributed by atoms with Crippen molar-refractivity contribution >= 4 is 23.8 Å². The minimum absolute atomic E-state index is 0.0145. The third-order valence-electron chi connectivity index (χ3n) is 5.80. The van der Waals surface area contributed by atoms with Crippen molar-refractivity contribution in [2.75, 3.05) is 39.9 Å². The number of ether oxygens (including phenoxy) is 1. The highest BCUT2D eigenvalue weighted by Gasteiger charge is 2.51. The molecule has 1 aromatic rings. The summed E-state index contributed by atoms with van der Waals surface area (Å²) >= 11 is 0. The van der Waals surface area contributed by atoms with E-state index < -0.39 is 24.2 Å². The van der Waals surface area contributed by atoms with E-state index in [4.69, 9.17) is 11.2 Å². The predicted octanol–water partition coefficient (Wildman–Crippen LogP) is -0.0613. The smallest absolute Gasteiger partial charge is 0.334 e. The van der Waals surface area contributed by atoms with Crippen LogP contribution in [0.4, 0.5) is 4.79 Å². The molecule has 2 N–H and O–H groups in total. The van der Waals surface area contributed by atoms with Crippen molar-refractivity contribution in [1.82, 2.24) is 25.1 Å². The van der Waals surface area contributed by atoms with Gasteiger partial charge in [0.15, 0.2) is 0 Å². The number of carboxylic acids is 1. The molecule has 2 aliphatic rings. The predicted molar refractivity (Wildman–Crippen MR) is 121 cm³/mol. The molecule has 1 aromatic carbocycles. The number of benzene rings is 1. The Morgan fingerprint density at radius 1 is 1.26 bits per heavy atom. The van der Waals surface area contributed by atoms with Gasteiger partial charge in [-0.3, -0.25) is 14.4 Å². The first-order valence-electron chi connectivity index (χ1n) is 11.0. The van der Waals surface area contributed by atoms with Gasteiger partial charge < -0.3 is 25.0 Å². The maximum Gasteiger partial charge on any atom is 0.334 e. The maximum absolute atomic E-state index is 13.3. The summed E-state index contributed by atoms with van der Waals surface area (Å²) in [5.74, 6) is 0.649. The number of terminal acetylenes is 1. The molecule has 11 heteroatoms. The summed E-state index contributed by atoms with van der Waals surface area (Å²) in [6, 6.07) is 7.87. The first kappa shape index (κ1) is 25.0. The quantitative estimate of drug-likeness (QED) is 0.484. The van der Waals surface area contributed by atoms with Crippen LogP contribution in [0.1, 0.15) is 18.4 Å². The molecule has 34 heavy (non-hydrogen) atoms. The van der Waals surface area contributed by atoms with Gasteiger partial charge in [0.2, 0.25) is 11.8 Å². The van der Waals surface area contributed by atoms with Crippen LogP contribution in [0.5, 0.6) is 0 Å². The van der Waals surface area contributed by atoms with Crippen LogP contribution in [-0.2, 0) is 25.7 Å². The third kappa shape index (κ3) is 5.65. The van der Waals surface area contributed by atoms with Gasteiger partial charge in [0.1, 0.15) is 12.2 Å². The van der Waals surface area contributed by atoms with Crippen LogP contribution >= 0.6 is 0 Å². The fourth-order valence-corrected chi connectivity index (χ4v) is 4.23. The number of nitrogens with one attached hydrogen (secondary N) is 1. The number of hydrazine groups is 1. The molecule has 0 spiro atoms. The van der Waals surface area contributed by atoms with Crippen molar-refractivity contribution in [2.45, 2.75) is 31.6 Å². The third-order valence-corrected chi connectivity index (χ3v) is 5.80. The first-order chi connectivity index (χ1) is 16.4. The summed E-state index contributed by atoms with van der Waals surface area (Å²) in [4.78, 5) is 53.7. The van der Waals surface area contributed by atoms with Crippen molar-refractivity contribution in [1.29, 1.82) is 0 Å². The van der Waals surface area contributed by atoms with E-state index in [1.54, 1.807) is 0 Å². The molecule has 0 radical (unpaired) electrons. The molecule has 0 aromatic heterocycles. The number of rotatable bonds is 9. The first-order valence-corrected chi connectivity index (χ1v) is 11.0. The lowest BCUT2D eigenvalue weighted by Gasteiger charge is -2.54. The number of carbonyl (C=O) groups excluding carboxylic acids is 3. The second-order valence-electron chi connectivity index (χ2n) is 8.02. The highest BCUT2D eigenvalue weighted by molar-refractivity contribution is 5.91. The van der Waals surface area contributed by atoms with Gasteiger partial charge in [-0.1, -0.05) is 36.3 Å². The van der Waals surface area contributed by atoms with Crippen LogP contribution in [0.3, 0.4) is 0 Å². The van der Waals surface area contributed by atoms with Crippen molar-refractivity contribution < 1.29 is 29.0 Å². The maximum atomic E-state index is 13.3. The van der Waals surface area contributed by atoms with E-state index in [0.29, 0.717) is 0 Å². The summed E-state index contributed by atoms with van der Waals surface area (Å²) in [5.41, 5.74) is 0.893. The van der Waals surface area contributed by atoms with E-state index in [1.807, 2.05) is 30.3 Å². The number of methoxy groups -OCH3 is 1. The van der Waals surface area contributed by atoms with Gasteiger partial charge in [-0.25, -0.2) is 9.80 Å². The molecule has 2 aliphatic heterocycles. The van der Waals surface area contributed by atoms with Gasteiger partial charge in [-0.15, -0.1) is 6.42 Å². The molecule has 0 saturated carbocycles. The molecular weight excluding hydrogens is 442 g/mol. The van der Waals surface area contributed by atoms with E-state index in [9.17, 15) is 24.3 Å². The Bertz CT molecular complexity index is 949. The number of carbonyl (C=O) groups is 4. The Labute approximate surface area is 198 Å². The summed E-state index contributed by atoms with van der Waals surface area (Å²) in [7, 11) is 1.50. The van der Waals surface area contributed by atoms with E-state index >= 15 is 0 Å². The average molecular weight is 472 g/mol. The van der Waals surface area contributed by atoms with E-state index in [2.05, 4.69) is 11.2 Å². The van der Waals surface area contributed by atoms with Gasteiger partial charge in [0.05, 0.1) is 26.2 Å². The van der Waals surface area contributed by atoms with Crippen LogP contribution in [0.25, 0.3) is 0 Å². The molecule has 0 aliphatic carbocycles. The van der Waals surface area contributed by atoms with Gasteiger partial charge in [-0.2, -0.15) is 5.01 Å². The number of carboxylic acid groups (broad SMARTS) is 1. The van der Waals surface area contributed by atoms with Gasteiger partial charge in [0, 0.05) is 26.6 Å². The fourth-order valence-electron chi connectivity index (χ4n) is 4.23. The van der Waals surface area contributed by atoms with Crippen LogP contribution in [0.15, 0.2) is 30.3 Å². The van der Waals surface area contributed by atoms with Crippen LogP contribution < -0.4 is 5.32 Å². The van der Waals surface area contributed by atoms with Gasteiger partial charge in [0.25, 0.3) is 0 Å². The highest BCUT2D eigenvalue weighted by Crippen LogP contribution is 2.28. The minimum atomic E-state index is -1.07. The number of aliphatic carboxylic acids is 1. The lowest BCUT2D eigenvalue weighted by Crippen LogP contribution is -2.76. The summed E-state index contributed by atoms with van der Waals surface area (Å²) in [6.07, 6.45) is 4.31. The molecule has 3 rings (SSSR count).